The lowest BCUT2D eigenvalue weighted by atomic mass is 9.81. The Labute approximate surface area is 216 Å². The number of alkyl halides is 5. The third-order valence-electron chi connectivity index (χ3n) is 8.36. The molecule has 3 atom stereocenters. The van der Waals surface area contributed by atoms with Crippen molar-refractivity contribution in [3.05, 3.63) is 0 Å². The fourth-order valence-corrected chi connectivity index (χ4v) is 5.78. The molecule has 14 heteroatoms. The van der Waals surface area contributed by atoms with Gasteiger partial charge in [-0.1, -0.05) is 0 Å². The number of ketones is 1. The van der Waals surface area contributed by atoms with Crippen LogP contribution in [0.2, 0.25) is 0 Å². The van der Waals surface area contributed by atoms with Crippen molar-refractivity contribution in [1.29, 1.82) is 0 Å². The van der Waals surface area contributed by atoms with Gasteiger partial charge in [-0.3, -0.25) is 23.9 Å². The normalized spacial score (nSPS) is 28.2. The maximum atomic E-state index is 13.8. The van der Waals surface area contributed by atoms with Crippen molar-refractivity contribution in [3.63, 3.8) is 0 Å². The SMILES string of the molecule is COC1(C(=O)N2CC3(CC3)C[C@H]2C(=O)N[C@@H](C[C@@H]2CCNC2=O)C(=O)COC(F)(F)F)CCC(F)(F)CC1. The average molecular weight is 554 g/mol. The van der Waals surface area contributed by atoms with Gasteiger partial charge in [0.1, 0.15) is 18.2 Å². The number of halogens is 5. The summed E-state index contributed by atoms with van der Waals surface area (Å²) in [5.41, 5.74) is -1.83. The molecule has 0 radical (unpaired) electrons. The molecule has 0 aromatic rings. The first-order chi connectivity index (χ1) is 17.7. The Morgan fingerprint density at radius 3 is 2.32 bits per heavy atom. The molecule has 4 rings (SSSR count). The second-order valence-electron chi connectivity index (χ2n) is 11.0. The number of carbonyl (C=O) groups excluding carboxylic acids is 4. The molecular formula is C24H32F5N3O6. The van der Waals surface area contributed by atoms with Gasteiger partial charge in [-0.2, -0.15) is 0 Å². The fraction of sp³-hybridized carbons (Fsp3) is 0.833. The van der Waals surface area contributed by atoms with Crippen molar-refractivity contribution in [2.45, 2.75) is 87.8 Å². The van der Waals surface area contributed by atoms with E-state index in [9.17, 15) is 41.1 Å². The molecule has 38 heavy (non-hydrogen) atoms. The first-order valence-corrected chi connectivity index (χ1v) is 12.7. The first-order valence-electron chi connectivity index (χ1n) is 12.7. The van der Waals surface area contributed by atoms with E-state index in [1.54, 1.807) is 0 Å². The number of methoxy groups -OCH3 is 1. The van der Waals surface area contributed by atoms with E-state index < -0.39 is 72.9 Å². The lowest BCUT2D eigenvalue weighted by Crippen LogP contribution is -2.58. The summed E-state index contributed by atoms with van der Waals surface area (Å²) in [7, 11) is 1.27. The molecule has 0 bridgehead atoms. The maximum Gasteiger partial charge on any atom is 0.522 e. The molecule has 3 amide bonds. The number of hydrogen-bond donors (Lipinski definition) is 2. The second kappa shape index (κ2) is 10.3. The number of carbonyl (C=O) groups is 4. The molecule has 1 spiro atoms. The molecule has 0 aromatic heterocycles. The molecule has 2 saturated heterocycles. The van der Waals surface area contributed by atoms with Crippen molar-refractivity contribution in [1.82, 2.24) is 15.5 Å². The summed E-state index contributed by atoms with van der Waals surface area (Å²) in [4.78, 5) is 53.1. The van der Waals surface area contributed by atoms with Gasteiger partial charge in [-0.05, 0) is 50.4 Å². The minimum atomic E-state index is -5.06. The first kappa shape index (κ1) is 28.7. The van der Waals surface area contributed by atoms with Crippen molar-refractivity contribution >= 4 is 23.5 Å². The molecule has 2 N–H and O–H groups in total. The van der Waals surface area contributed by atoms with Crippen LogP contribution in [0, 0.1) is 11.3 Å². The third kappa shape index (κ3) is 6.27. The Morgan fingerprint density at radius 1 is 1.13 bits per heavy atom. The number of ether oxygens (including phenoxy) is 2. The minimum absolute atomic E-state index is 0.215. The lowest BCUT2D eigenvalue weighted by molar-refractivity contribution is -0.321. The van der Waals surface area contributed by atoms with Crippen LogP contribution in [-0.4, -0.2) is 85.2 Å². The van der Waals surface area contributed by atoms with Crippen LogP contribution in [0.4, 0.5) is 22.0 Å². The van der Waals surface area contributed by atoms with Crippen LogP contribution in [0.3, 0.4) is 0 Å². The minimum Gasteiger partial charge on any atom is -0.368 e. The molecule has 0 unspecified atom stereocenters. The van der Waals surface area contributed by atoms with Gasteiger partial charge in [0, 0.05) is 39.0 Å². The largest absolute Gasteiger partial charge is 0.522 e. The molecule has 9 nitrogen and oxygen atoms in total. The van der Waals surface area contributed by atoms with Gasteiger partial charge in [0.05, 0.1) is 6.04 Å². The highest BCUT2D eigenvalue weighted by Crippen LogP contribution is 2.55. The van der Waals surface area contributed by atoms with Crippen molar-refractivity contribution in [3.8, 4) is 0 Å². The zero-order valence-electron chi connectivity index (χ0n) is 21.0. The molecule has 4 fully saturated rings. The predicted molar refractivity (Wildman–Crippen MR) is 120 cm³/mol. The summed E-state index contributed by atoms with van der Waals surface area (Å²) < 4.78 is 74.4. The number of Topliss-reactive ketones (excluding diaryl/α,β-unsaturated/α-hetero) is 1. The van der Waals surface area contributed by atoms with Gasteiger partial charge in [-0.25, -0.2) is 8.78 Å². The maximum absolute atomic E-state index is 13.8. The zero-order chi connectivity index (χ0) is 27.9. The van der Waals surface area contributed by atoms with E-state index in [0.717, 1.165) is 12.8 Å². The summed E-state index contributed by atoms with van der Waals surface area (Å²) in [5, 5.41) is 5.05. The molecule has 2 aliphatic heterocycles. The van der Waals surface area contributed by atoms with E-state index in [2.05, 4.69) is 15.4 Å². The number of nitrogens with one attached hydrogen (secondary N) is 2. The van der Waals surface area contributed by atoms with E-state index in [0.29, 0.717) is 13.0 Å². The van der Waals surface area contributed by atoms with E-state index in [1.165, 1.54) is 12.0 Å². The van der Waals surface area contributed by atoms with E-state index in [1.807, 2.05) is 0 Å². The third-order valence-corrected chi connectivity index (χ3v) is 8.36. The van der Waals surface area contributed by atoms with Crippen LogP contribution in [0.5, 0.6) is 0 Å². The number of hydrogen-bond acceptors (Lipinski definition) is 6. The monoisotopic (exact) mass is 553 g/mol. The molecule has 2 saturated carbocycles. The van der Waals surface area contributed by atoms with Crippen LogP contribution in [0.1, 0.15) is 57.8 Å². The predicted octanol–water partition coefficient (Wildman–Crippen LogP) is 2.08. The number of likely N-dealkylation sites (tertiary alicyclic amines) is 1. The van der Waals surface area contributed by atoms with Crippen molar-refractivity contribution < 1.29 is 50.6 Å². The van der Waals surface area contributed by atoms with Crippen LogP contribution in [0.25, 0.3) is 0 Å². The topological polar surface area (TPSA) is 114 Å². The number of amides is 3. The Bertz CT molecular complexity index is 960. The van der Waals surface area contributed by atoms with E-state index in [-0.39, 0.29) is 43.6 Å². The van der Waals surface area contributed by atoms with Gasteiger partial charge < -0.3 is 20.3 Å². The summed E-state index contributed by atoms with van der Waals surface area (Å²) >= 11 is 0. The van der Waals surface area contributed by atoms with Gasteiger partial charge in [-0.15, -0.1) is 13.2 Å². The average Bonchev–Trinajstić information content (AvgIpc) is 3.31. The molecule has 0 aromatic carbocycles. The summed E-state index contributed by atoms with van der Waals surface area (Å²) in [6, 6.07) is -2.51. The Kier molecular flexibility index (Phi) is 7.78. The van der Waals surface area contributed by atoms with Gasteiger partial charge >= 0.3 is 6.36 Å². The Balaban J connectivity index is 1.51. The molecule has 2 aliphatic carbocycles. The number of rotatable bonds is 9. The van der Waals surface area contributed by atoms with E-state index in [4.69, 9.17) is 4.74 Å². The quantitative estimate of drug-likeness (QED) is 0.423. The number of nitrogens with zero attached hydrogens (tertiary/aromatic N) is 1. The Morgan fingerprint density at radius 2 is 1.79 bits per heavy atom. The van der Waals surface area contributed by atoms with Crippen LogP contribution >= 0.6 is 0 Å². The lowest BCUT2D eigenvalue weighted by Gasteiger charge is -2.41. The summed E-state index contributed by atoms with van der Waals surface area (Å²) in [5.74, 6) is -6.38. The fourth-order valence-electron chi connectivity index (χ4n) is 5.78. The zero-order valence-corrected chi connectivity index (χ0v) is 21.0. The van der Waals surface area contributed by atoms with Gasteiger partial charge in [0.2, 0.25) is 17.7 Å². The molecule has 2 heterocycles. The van der Waals surface area contributed by atoms with Crippen LogP contribution in [0.15, 0.2) is 0 Å². The van der Waals surface area contributed by atoms with Crippen molar-refractivity contribution in [2.24, 2.45) is 11.3 Å². The van der Waals surface area contributed by atoms with Crippen molar-refractivity contribution in [2.75, 3.05) is 26.8 Å². The Hall–Kier alpha value is -2.35. The second-order valence-corrected chi connectivity index (χ2v) is 11.0. The van der Waals surface area contributed by atoms with Crippen LogP contribution in [-0.2, 0) is 28.7 Å². The summed E-state index contributed by atoms with van der Waals surface area (Å²) in [6.07, 6.45) is -4.69. The van der Waals surface area contributed by atoms with Gasteiger partial charge in [0.25, 0.3) is 5.91 Å². The van der Waals surface area contributed by atoms with Crippen LogP contribution < -0.4 is 10.6 Å². The molecular weight excluding hydrogens is 521 g/mol. The van der Waals surface area contributed by atoms with Gasteiger partial charge in [0.15, 0.2) is 5.78 Å². The highest BCUT2D eigenvalue weighted by molar-refractivity contribution is 5.96. The molecule has 214 valence electrons. The standard InChI is InChI=1S/C24H32F5N3O6/c1-37-22(5-7-23(25,26)8-6-22)20(36)32-13-21(3-4-21)11-16(32)19(35)31-15(10-14-2-9-30-18(14)34)17(33)12-38-24(27,28)29/h14-16H,2-13H2,1H3,(H,30,34)(H,31,35)/t14-,15-,16-/m0/s1. The summed E-state index contributed by atoms with van der Waals surface area (Å²) in [6.45, 7) is -0.795. The highest BCUT2D eigenvalue weighted by atomic mass is 19.4. The highest BCUT2D eigenvalue weighted by Gasteiger charge is 2.59. The van der Waals surface area contributed by atoms with E-state index >= 15 is 0 Å². The molecule has 4 aliphatic rings. The smallest absolute Gasteiger partial charge is 0.368 e.